The lowest BCUT2D eigenvalue weighted by Gasteiger charge is -2.37. The van der Waals surface area contributed by atoms with Gasteiger partial charge in [-0.05, 0) is 30.2 Å². The zero-order valence-electron chi connectivity index (χ0n) is 9.91. The van der Waals surface area contributed by atoms with Gasteiger partial charge in [-0.25, -0.2) is 0 Å². The number of benzene rings is 1. The molecule has 1 aliphatic rings. The summed E-state index contributed by atoms with van der Waals surface area (Å²) in [5.41, 5.74) is 1.27. The topological polar surface area (TPSA) is 15.3 Å². The van der Waals surface area contributed by atoms with Crippen LogP contribution < -0.4 is 10.2 Å². The van der Waals surface area contributed by atoms with Gasteiger partial charge in [0.25, 0.3) is 0 Å². The monoisotopic (exact) mass is 238 g/mol. The van der Waals surface area contributed by atoms with E-state index in [-0.39, 0.29) is 0 Å². The van der Waals surface area contributed by atoms with Crippen LogP contribution in [-0.4, -0.2) is 25.7 Å². The standard InChI is InChI=1S/C13H19ClN2/c1-10(2)13-9-16(8-7-15-13)12-5-3-11(14)4-6-12/h3-6,10,13,15H,7-9H2,1-2H3. The minimum absolute atomic E-state index is 0.587. The molecule has 0 saturated carbocycles. The zero-order valence-corrected chi connectivity index (χ0v) is 10.7. The van der Waals surface area contributed by atoms with Crippen molar-refractivity contribution in [2.24, 2.45) is 5.92 Å². The summed E-state index contributed by atoms with van der Waals surface area (Å²) in [5, 5.41) is 4.37. The molecule has 0 spiro atoms. The van der Waals surface area contributed by atoms with Crippen LogP contribution in [0.2, 0.25) is 5.02 Å². The summed E-state index contributed by atoms with van der Waals surface area (Å²) in [5.74, 6) is 0.676. The van der Waals surface area contributed by atoms with Crippen molar-refractivity contribution in [2.45, 2.75) is 19.9 Å². The smallest absolute Gasteiger partial charge is 0.0407 e. The molecule has 1 N–H and O–H groups in total. The summed E-state index contributed by atoms with van der Waals surface area (Å²) in [7, 11) is 0. The van der Waals surface area contributed by atoms with Crippen molar-refractivity contribution in [1.82, 2.24) is 5.32 Å². The van der Waals surface area contributed by atoms with Gasteiger partial charge in [-0.2, -0.15) is 0 Å². The average molecular weight is 239 g/mol. The van der Waals surface area contributed by atoms with Gasteiger partial charge in [0.15, 0.2) is 0 Å². The number of halogens is 1. The number of anilines is 1. The molecule has 1 aliphatic heterocycles. The summed E-state index contributed by atoms with van der Waals surface area (Å²) < 4.78 is 0. The number of nitrogens with one attached hydrogen (secondary N) is 1. The number of rotatable bonds is 2. The van der Waals surface area contributed by atoms with E-state index < -0.39 is 0 Å². The van der Waals surface area contributed by atoms with Crippen molar-refractivity contribution in [1.29, 1.82) is 0 Å². The fourth-order valence-electron chi connectivity index (χ4n) is 2.11. The minimum Gasteiger partial charge on any atom is -0.369 e. The van der Waals surface area contributed by atoms with Gasteiger partial charge in [0.05, 0.1) is 0 Å². The number of nitrogens with zero attached hydrogens (tertiary/aromatic N) is 1. The van der Waals surface area contributed by atoms with Crippen LogP contribution in [0.4, 0.5) is 5.69 Å². The quantitative estimate of drug-likeness (QED) is 0.853. The van der Waals surface area contributed by atoms with Gasteiger partial charge in [0, 0.05) is 36.4 Å². The van der Waals surface area contributed by atoms with E-state index >= 15 is 0 Å². The van der Waals surface area contributed by atoms with E-state index in [2.05, 4.69) is 36.2 Å². The molecule has 0 bridgehead atoms. The largest absolute Gasteiger partial charge is 0.369 e. The van der Waals surface area contributed by atoms with Crippen molar-refractivity contribution in [2.75, 3.05) is 24.5 Å². The van der Waals surface area contributed by atoms with Gasteiger partial charge in [0.2, 0.25) is 0 Å². The van der Waals surface area contributed by atoms with Crippen LogP contribution in [0.15, 0.2) is 24.3 Å². The first-order chi connectivity index (χ1) is 7.66. The highest BCUT2D eigenvalue weighted by Crippen LogP contribution is 2.20. The zero-order chi connectivity index (χ0) is 11.5. The molecule has 3 heteroatoms. The van der Waals surface area contributed by atoms with Gasteiger partial charge < -0.3 is 10.2 Å². The Balaban J connectivity index is 2.06. The van der Waals surface area contributed by atoms with E-state index in [1.54, 1.807) is 0 Å². The summed E-state index contributed by atoms with van der Waals surface area (Å²) in [4.78, 5) is 2.43. The van der Waals surface area contributed by atoms with Gasteiger partial charge >= 0.3 is 0 Å². The summed E-state index contributed by atoms with van der Waals surface area (Å²) in [6.45, 7) is 7.75. The van der Waals surface area contributed by atoms with Crippen molar-refractivity contribution < 1.29 is 0 Å². The van der Waals surface area contributed by atoms with Crippen molar-refractivity contribution in [3.05, 3.63) is 29.3 Å². The highest BCUT2D eigenvalue weighted by molar-refractivity contribution is 6.30. The van der Waals surface area contributed by atoms with E-state index in [0.29, 0.717) is 12.0 Å². The predicted octanol–water partition coefficient (Wildman–Crippen LogP) is 2.77. The Morgan fingerprint density at radius 1 is 1.31 bits per heavy atom. The van der Waals surface area contributed by atoms with Crippen LogP contribution in [0.25, 0.3) is 0 Å². The molecule has 1 atom stereocenters. The number of piperazine rings is 1. The van der Waals surface area contributed by atoms with Gasteiger partial charge in [0.1, 0.15) is 0 Å². The molecular weight excluding hydrogens is 220 g/mol. The lowest BCUT2D eigenvalue weighted by molar-refractivity contribution is 0.368. The van der Waals surface area contributed by atoms with Crippen molar-refractivity contribution in [3.8, 4) is 0 Å². The molecule has 0 aromatic heterocycles. The lowest BCUT2D eigenvalue weighted by atomic mass is 10.0. The van der Waals surface area contributed by atoms with Crippen LogP contribution >= 0.6 is 11.6 Å². The molecule has 2 nitrogen and oxygen atoms in total. The Labute approximate surface area is 103 Å². The summed E-state index contributed by atoms with van der Waals surface area (Å²) >= 11 is 5.90. The maximum atomic E-state index is 5.90. The first-order valence-corrected chi connectivity index (χ1v) is 6.28. The molecule has 1 fully saturated rings. The molecule has 0 radical (unpaired) electrons. The Morgan fingerprint density at radius 3 is 2.62 bits per heavy atom. The Kier molecular flexibility index (Phi) is 3.72. The van der Waals surface area contributed by atoms with Crippen molar-refractivity contribution >= 4 is 17.3 Å². The van der Waals surface area contributed by atoms with E-state index in [1.165, 1.54) is 5.69 Å². The first-order valence-electron chi connectivity index (χ1n) is 5.90. The average Bonchev–Trinajstić information content (AvgIpc) is 2.30. The number of hydrogen-bond acceptors (Lipinski definition) is 2. The van der Waals surface area contributed by atoms with Crippen LogP contribution in [0.5, 0.6) is 0 Å². The summed E-state index contributed by atoms with van der Waals surface area (Å²) in [6, 6.07) is 8.72. The Bertz CT molecular complexity index is 334. The predicted molar refractivity (Wildman–Crippen MR) is 70.3 cm³/mol. The maximum Gasteiger partial charge on any atom is 0.0407 e. The van der Waals surface area contributed by atoms with Crippen molar-refractivity contribution in [3.63, 3.8) is 0 Å². The highest BCUT2D eigenvalue weighted by atomic mass is 35.5. The maximum absolute atomic E-state index is 5.90. The highest BCUT2D eigenvalue weighted by Gasteiger charge is 2.21. The van der Waals surface area contributed by atoms with Gasteiger partial charge in [-0.3, -0.25) is 0 Å². The molecule has 0 aliphatic carbocycles. The van der Waals surface area contributed by atoms with E-state index in [0.717, 1.165) is 24.7 Å². The third-order valence-electron chi connectivity index (χ3n) is 3.20. The fourth-order valence-corrected chi connectivity index (χ4v) is 2.24. The van der Waals surface area contributed by atoms with Crippen LogP contribution in [-0.2, 0) is 0 Å². The molecule has 16 heavy (non-hydrogen) atoms. The minimum atomic E-state index is 0.587. The van der Waals surface area contributed by atoms with Gasteiger partial charge in [-0.1, -0.05) is 25.4 Å². The molecule has 1 aromatic rings. The van der Waals surface area contributed by atoms with E-state index in [4.69, 9.17) is 11.6 Å². The van der Waals surface area contributed by atoms with Crippen LogP contribution in [0.1, 0.15) is 13.8 Å². The summed E-state index contributed by atoms with van der Waals surface area (Å²) in [6.07, 6.45) is 0. The SMILES string of the molecule is CC(C)C1CN(c2ccc(Cl)cc2)CCN1. The first kappa shape index (κ1) is 11.7. The molecule has 0 amide bonds. The molecule has 1 heterocycles. The normalized spacial score (nSPS) is 21.5. The van der Waals surface area contributed by atoms with E-state index in [1.807, 2.05) is 12.1 Å². The van der Waals surface area contributed by atoms with Crippen LogP contribution in [0.3, 0.4) is 0 Å². The Hall–Kier alpha value is -0.730. The van der Waals surface area contributed by atoms with Gasteiger partial charge in [-0.15, -0.1) is 0 Å². The third kappa shape index (κ3) is 2.69. The second kappa shape index (κ2) is 5.07. The molecule has 1 aromatic carbocycles. The lowest BCUT2D eigenvalue weighted by Crippen LogP contribution is -2.52. The second-order valence-electron chi connectivity index (χ2n) is 4.73. The Morgan fingerprint density at radius 2 is 2.00 bits per heavy atom. The molecule has 2 rings (SSSR count). The molecule has 1 unspecified atom stereocenters. The van der Waals surface area contributed by atoms with Crippen LogP contribution in [0, 0.1) is 5.92 Å². The number of hydrogen-bond donors (Lipinski definition) is 1. The third-order valence-corrected chi connectivity index (χ3v) is 3.45. The molecular formula is C13H19ClN2. The molecule has 1 saturated heterocycles. The molecule has 88 valence electrons. The fraction of sp³-hybridized carbons (Fsp3) is 0.538. The van der Waals surface area contributed by atoms with E-state index in [9.17, 15) is 0 Å². The second-order valence-corrected chi connectivity index (χ2v) is 5.16.